The van der Waals surface area contributed by atoms with E-state index in [1.807, 2.05) is 4.90 Å². The zero-order valence-electron chi connectivity index (χ0n) is 15.6. The Kier molecular flexibility index (Phi) is 5.16. The summed E-state index contributed by atoms with van der Waals surface area (Å²) in [5.74, 6) is 2.75. The summed E-state index contributed by atoms with van der Waals surface area (Å²) in [7, 11) is 0. The zero-order chi connectivity index (χ0) is 18.6. The second-order valence-corrected chi connectivity index (χ2v) is 7.39. The van der Waals surface area contributed by atoms with Gasteiger partial charge in [0.05, 0.1) is 0 Å². The van der Waals surface area contributed by atoms with Crippen LogP contribution in [0, 0.1) is 12.3 Å². The van der Waals surface area contributed by atoms with Crippen molar-refractivity contribution in [3.05, 3.63) is 59.7 Å². The molecule has 0 aromatic heterocycles. The summed E-state index contributed by atoms with van der Waals surface area (Å²) in [6, 6.07) is 17.1. The Morgan fingerprint density at radius 3 is 2.22 bits per heavy atom. The number of terminal acetylenes is 1. The third kappa shape index (κ3) is 3.45. The SMILES string of the molecule is C#CCCN(C(=O)OCC1c2ccccc2-c2ccccc21)C1CCCC1. The molecule has 3 heteroatoms. The Balaban J connectivity index is 1.50. The topological polar surface area (TPSA) is 29.5 Å². The van der Waals surface area contributed by atoms with Crippen molar-refractivity contribution in [1.29, 1.82) is 0 Å². The lowest BCUT2D eigenvalue weighted by molar-refractivity contribution is 0.0854. The first kappa shape index (κ1) is 17.7. The molecule has 1 amide bonds. The van der Waals surface area contributed by atoms with E-state index in [9.17, 15) is 4.79 Å². The van der Waals surface area contributed by atoms with Gasteiger partial charge in [-0.1, -0.05) is 61.4 Å². The monoisotopic (exact) mass is 359 g/mol. The summed E-state index contributed by atoms with van der Waals surface area (Å²) in [6.07, 6.45) is 10.2. The van der Waals surface area contributed by atoms with Crippen molar-refractivity contribution in [2.24, 2.45) is 0 Å². The van der Waals surface area contributed by atoms with E-state index < -0.39 is 0 Å². The molecule has 0 radical (unpaired) electrons. The van der Waals surface area contributed by atoms with Crippen molar-refractivity contribution < 1.29 is 9.53 Å². The van der Waals surface area contributed by atoms with Gasteiger partial charge < -0.3 is 9.64 Å². The molecule has 4 rings (SSSR count). The maximum Gasteiger partial charge on any atom is 0.410 e. The van der Waals surface area contributed by atoms with Crippen LogP contribution in [-0.2, 0) is 4.74 Å². The molecule has 2 aromatic rings. The highest BCUT2D eigenvalue weighted by Crippen LogP contribution is 2.44. The Morgan fingerprint density at radius 2 is 1.63 bits per heavy atom. The van der Waals surface area contributed by atoms with Crippen LogP contribution in [0.4, 0.5) is 4.79 Å². The maximum absolute atomic E-state index is 12.9. The summed E-state index contributed by atoms with van der Waals surface area (Å²) >= 11 is 0. The van der Waals surface area contributed by atoms with Crippen LogP contribution >= 0.6 is 0 Å². The van der Waals surface area contributed by atoms with Crippen LogP contribution in [0.2, 0.25) is 0 Å². The molecule has 0 heterocycles. The van der Waals surface area contributed by atoms with E-state index >= 15 is 0 Å². The predicted molar refractivity (Wildman–Crippen MR) is 107 cm³/mol. The van der Waals surface area contributed by atoms with Crippen LogP contribution < -0.4 is 0 Å². The van der Waals surface area contributed by atoms with E-state index in [-0.39, 0.29) is 18.1 Å². The van der Waals surface area contributed by atoms with E-state index in [0.717, 1.165) is 12.8 Å². The van der Waals surface area contributed by atoms with E-state index in [4.69, 9.17) is 11.2 Å². The molecule has 1 fully saturated rings. The second kappa shape index (κ2) is 7.88. The van der Waals surface area contributed by atoms with Crippen LogP contribution in [0.3, 0.4) is 0 Å². The average Bonchev–Trinajstić information content (AvgIpc) is 3.33. The summed E-state index contributed by atoms with van der Waals surface area (Å²) < 4.78 is 5.83. The average molecular weight is 359 g/mol. The summed E-state index contributed by atoms with van der Waals surface area (Å²) in [5, 5.41) is 0. The van der Waals surface area contributed by atoms with Gasteiger partial charge in [-0.05, 0) is 35.1 Å². The van der Waals surface area contributed by atoms with E-state index in [2.05, 4.69) is 54.5 Å². The molecular weight excluding hydrogens is 334 g/mol. The van der Waals surface area contributed by atoms with Gasteiger partial charge in [-0.3, -0.25) is 0 Å². The quantitative estimate of drug-likeness (QED) is 0.687. The van der Waals surface area contributed by atoms with Gasteiger partial charge in [-0.15, -0.1) is 12.3 Å². The molecule has 2 aromatic carbocycles. The summed E-state index contributed by atoms with van der Waals surface area (Å²) in [6.45, 7) is 0.948. The minimum atomic E-state index is -0.223. The van der Waals surface area contributed by atoms with Gasteiger partial charge in [0.25, 0.3) is 0 Å². The molecule has 2 aliphatic carbocycles. The molecule has 0 saturated heterocycles. The van der Waals surface area contributed by atoms with Gasteiger partial charge in [0.2, 0.25) is 0 Å². The molecule has 3 nitrogen and oxygen atoms in total. The van der Waals surface area contributed by atoms with Gasteiger partial charge in [0, 0.05) is 24.9 Å². The highest BCUT2D eigenvalue weighted by molar-refractivity contribution is 5.79. The fourth-order valence-electron chi connectivity index (χ4n) is 4.50. The first-order valence-corrected chi connectivity index (χ1v) is 9.84. The summed E-state index contributed by atoms with van der Waals surface area (Å²) in [5.41, 5.74) is 4.97. The maximum atomic E-state index is 12.9. The van der Waals surface area contributed by atoms with Crippen LogP contribution in [0.25, 0.3) is 11.1 Å². The van der Waals surface area contributed by atoms with Crippen LogP contribution in [0.15, 0.2) is 48.5 Å². The second-order valence-electron chi connectivity index (χ2n) is 7.39. The molecule has 0 unspecified atom stereocenters. The smallest absolute Gasteiger partial charge is 0.410 e. The van der Waals surface area contributed by atoms with Crippen molar-refractivity contribution in [3.63, 3.8) is 0 Å². The normalized spacial score (nSPS) is 15.8. The van der Waals surface area contributed by atoms with Crippen molar-refractivity contribution in [1.82, 2.24) is 4.90 Å². The highest BCUT2D eigenvalue weighted by atomic mass is 16.6. The van der Waals surface area contributed by atoms with Crippen LogP contribution in [0.5, 0.6) is 0 Å². The fraction of sp³-hybridized carbons (Fsp3) is 0.375. The minimum absolute atomic E-state index is 0.0967. The molecule has 138 valence electrons. The van der Waals surface area contributed by atoms with Gasteiger partial charge >= 0.3 is 6.09 Å². The first-order chi connectivity index (χ1) is 13.3. The largest absolute Gasteiger partial charge is 0.448 e. The van der Waals surface area contributed by atoms with Crippen molar-refractivity contribution >= 4 is 6.09 Å². The number of hydrogen-bond acceptors (Lipinski definition) is 2. The number of carbonyl (C=O) groups excluding carboxylic acids is 1. The number of fused-ring (bicyclic) bond motifs is 3. The van der Waals surface area contributed by atoms with Crippen molar-refractivity contribution in [2.75, 3.05) is 13.2 Å². The van der Waals surface area contributed by atoms with Gasteiger partial charge in [-0.25, -0.2) is 4.79 Å². The first-order valence-electron chi connectivity index (χ1n) is 9.84. The Bertz CT molecular complexity index is 815. The van der Waals surface area contributed by atoms with Gasteiger partial charge in [-0.2, -0.15) is 0 Å². The lowest BCUT2D eigenvalue weighted by Gasteiger charge is -2.28. The molecular formula is C24H25NO2. The van der Waals surface area contributed by atoms with Crippen molar-refractivity contribution in [2.45, 2.75) is 44.1 Å². The van der Waals surface area contributed by atoms with Crippen molar-refractivity contribution in [3.8, 4) is 23.5 Å². The Morgan fingerprint density at radius 1 is 1.04 bits per heavy atom. The minimum Gasteiger partial charge on any atom is -0.448 e. The number of rotatable bonds is 5. The van der Waals surface area contributed by atoms with Crippen LogP contribution in [-0.4, -0.2) is 30.2 Å². The third-order valence-corrected chi connectivity index (χ3v) is 5.83. The number of amides is 1. The van der Waals surface area contributed by atoms with Gasteiger partial charge in [0.15, 0.2) is 0 Å². The van der Waals surface area contributed by atoms with Gasteiger partial charge in [0.1, 0.15) is 6.61 Å². The Hall–Kier alpha value is -2.73. The zero-order valence-corrected chi connectivity index (χ0v) is 15.6. The predicted octanol–water partition coefficient (Wildman–Crippen LogP) is 5.20. The lowest BCUT2D eigenvalue weighted by atomic mass is 9.98. The fourth-order valence-corrected chi connectivity index (χ4v) is 4.50. The standard InChI is InChI=1S/C24H25NO2/c1-2-3-16-25(18-10-4-5-11-18)24(26)27-17-23-21-14-8-6-12-19(21)20-13-7-9-15-22(20)23/h1,6-9,12-15,18,23H,3-5,10-11,16-17H2. The van der Waals surface area contributed by atoms with E-state index in [1.54, 1.807) is 0 Å². The lowest BCUT2D eigenvalue weighted by Crippen LogP contribution is -2.40. The number of benzene rings is 2. The molecule has 0 aliphatic heterocycles. The number of hydrogen-bond donors (Lipinski definition) is 0. The van der Waals surface area contributed by atoms with E-state index in [1.165, 1.54) is 35.1 Å². The Labute approximate surface area is 161 Å². The molecule has 2 aliphatic rings. The number of nitrogens with zero attached hydrogens (tertiary/aromatic N) is 1. The molecule has 0 N–H and O–H groups in total. The van der Waals surface area contributed by atoms with E-state index in [0.29, 0.717) is 19.6 Å². The van der Waals surface area contributed by atoms with Crippen LogP contribution in [0.1, 0.15) is 49.1 Å². The number of carbonyl (C=O) groups is 1. The molecule has 0 bridgehead atoms. The third-order valence-electron chi connectivity index (χ3n) is 5.83. The number of ether oxygens (including phenoxy) is 1. The molecule has 1 saturated carbocycles. The highest BCUT2D eigenvalue weighted by Gasteiger charge is 2.31. The molecule has 0 spiro atoms. The summed E-state index contributed by atoms with van der Waals surface area (Å²) in [4.78, 5) is 14.7. The molecule has 0 atom stereocenters. The molecule has 27 heavy (non-hydrogen) atoms.